The lowest BCUT2D eigenvalue weighted by molar-refractivity contribution is -0.121. The number of rotatable bonds is 9. The normalized spacial score (nSPS) is 12.0. The van der Waals surface area contributed by atoms with Gasteiger partial charge < -0.3 is 15.5 Å². The molecule has 3 aromatic rings. The third-order valence-electron chi connectivity index (χ3n) is 5.54. The van der Waals surface area contributed by atoms with Crippen molar-refractivity contribution in [2.75, 3.05) is 27.2 Å². The van der Waals surface area contributed by atoms with Gasteiger partial charge >= 0.3 is 0 Å². The topological polar surface area (TPSA) is 61.4 Å². The number of benzene rings is 3. The fraction of sp³-hybridized carbons (Fsp3) is 0.308. The van der Waals surface area contributed by atoms with Crippen LogP contribution in [-0.2, 0) is 11.2 Å². The number of nitrogens with zero attached hydrogens (tertiary/aromatic N) is 1. The monoisotopic (exact) mass is 417 g/mol. The van der Waals surface area contributed by atoms with Gasteiger partial charge in [0.15, 0.2) is 0 Å². The molecule has 0 radical (unpaired) electrons. The Morgan fingerprint density at radius 2 is 1.61 bits per heavy atom. The second-order valence-electron chi connectivity index (χ2n) is 7.95. The van der Waals surface area contributed by atoms with Crippen LogP contribution in [0.2, 0.25) is 0 Å². The molecule has 0 saturated carbocycles. The molecule has 1 unspecified atom stereocenters. The van der Waals surface area contributed by atoms with E-state index >= 15 is 0 Å². The molecule has 3 rings (SSSR count). The van der Waals surface area contributed by atoms with Crippen LogP contribution in [0.25, 0.3) is 10.8 Å². The second kappa shape index (κ2) is 10.7. The number of nitrogens with one attached hydrogen (secondary N) is 2. The van der Waals surface area contributed by atoms with Gasteiger partial charge in [-0.1, -0.05) is 61.5 Å². The highest BCUT2D eigenvalue weighted by atomic mass is 16.2. The van der Waals surface area contributed by atoms with Gasteiger partial charge in [0.25, 0.3) is 5.91 Å². The van der Waals surface area contributed by atoms with Crippen LogP contribution >= 0.6 is 0 Å². The van der Waals surface area contributed by atoms with Crippen LogP contribution in [0.4, 0.5) is 0 Å². The number of carbonyl (C=O) groups is 2. The summed E-state index contributed by atoms with van der Waals surface area (Å²) >= 11 is 0. The Kier molecular flexibility index (Phi) is 7.79. The van der Waals surface area contributed by atoms with Gasteiger partial charge in [-0.3, -0.25) is 9.59 Å². The van der Waals surface area contributed by atoms with Crippen molar-refractivity contribution in [1.82, 2.24) is 15.5 Å². The van der Waals surface area contributed by atoms with Gasteiger partial charge in [-0.25, -0.2) is 0 Å². The first kappa shape index (κ1) is 22.5. The number of fused-ring (bicyclic) bond motifs is 1. The van der Waals surface area contributed by atoms with Crippen LogP contribution in [0, 0.1) is 0 Å². The van der Waals surface area contributed by atoms with Crippen molar-refractivity contribution < 1.29 is 9.59 Å². The van der Waals surface area contributed by atoms with E-state index in [2.05, 4.69) is 46.7 Å². The first-order valence-electron chi connectivity index (χ1n) is 10.8. The number of amides is 2. The maximum atomic E-state index is 12.4. The number of carbonyl (C=O) groups excluding carboxylic acids is 2. The molecule has 0 aliphatic carbocycles. The van der Waals surface area contributed by atoms with Crippen molar-refractivity contribution in [3.63, 3.8) is 0 Å². The van der Waals surface area contributed by atoms with Crippen LogP contribution in [0.15, 0.2) is 66.7 Å². The number of hydrogen-bond acceptors (Lipinski definition) is 3. The quantitative estimate of drug-likeness (QED) is 0.554. The Labute approximate surface area is 184 Å². The van der Waals surface area contributed by atoms with Crippen LogP contribution in [0.5, 0.6) is 0 Å². The van der Waals surface area contributed by atoms with E-state index in [1.165, 1.54) is 11.1 Å². The van der Waals surface area contributed by atoms with Crippen molar-refractivity contribution >= 4 is 22.6 Å². The predicted molar refractivity (Wildman–Crippen MR) is 126 cm³/mol. The van der Waals surface area contributed by atoms with Crippen LogP contribution < -0.4 is 10.6 Å². The van der Waals surface area contributed by atoms with Crippen LogP contribution in [0.1, 0.15) is 40.9 Å². The molecule has 0 heterocycles. The van der Waals surface area contributed by atoms with E-state index in [0.717, 1.165) is 17.2 Å². The van der Waals surface area contributed by atoms with E-state index in [4.69, 9.17) is 0 Å². The third-order valence-corrected chi connectivity index (χ3v) is 5.54. The molecule has 1 atom stereocenters. The van der Waals surface area contributed by atoms with Gasteiger partial charge in [0, 0.05) is 25.1 Å². The summed E-state index contributed by atoms with van der Waals surface area (Å²) < 4.78 is 0. The lowest BCUT2D eigenvalue weighted by Gasteiger charge is -2.25. The zero-order valence-corrected chi connectivity index (χ0v) is 18.5. The van der Waals surface area contributed by atoms with E-state index in [1.807, 2.05) is 56.6 Å². The van der Waals surface area contributed by atoms with Crippen molar-refractivity contribution in [2.24, 2.45) is 0 Å². The first-order valence-corrected chi connectivity index (χ1v) is 10.8. The Morgan fingerprint density at radius 3 is 2.29 bits per heavy atom. The molecule has 2 N–H and O–H groups in total. The van der Waals surface area contributed by atoms with E-state index < -0.39 is 0 Å². The Morgan fingerprint density at radius 1 is 0.903 bits per heavy atom. The molecule has 3 aromatic carbocycles. The lowest BCUT2D eigenvalue weighted by atomic mass is 10.0. The van der Waals surface area contributed by atoms with Gasteiger partial charge in [-0.05, 0) is 54.5 Å². The summed E-state index contributed by atoms with van der Waals surface area (Å²) in [5, 5.41) is 7.95. The molecule has 162 valence electrons. The van der Waals surface area contributed by atoms with E-state index in [1.54, 1.807) is 0 Å². The molecule has 31 heavy (non-hydrogen) atoms. The molecule has 0 saturated heterocycles. The maximum absolute atomic E-state index is 12.4. The first-order chi connectivity index (χ1) is 15.0. The molecule has 0 aliphatic rings. The predicted octanol–water partition coefficient (Wildman–Crippen LogP) is 3.94. The van der Waals surface area contributed by atoms with E-state index in [9.17, 15) is 9.59 Å². The van der Waals surface area contributed by atoms with Crippen LogP contribution in [0.3, 0.4) is 0 Å². The van der Waals surface area contributed by atoms with Gasteiger partial charge in [0.05, 0.1) is 6.04 Å². The summed E-state index contributed by atoms with van der Waals surface area (Å²) in [5.41, 5.74) is 3.07. The fourth-order valence-corrected chi connectivity index (χ4v) is 3.60. The van der Waals surface area contributed by atoms with Gasteiger partial charge in [-0.2, -0.15) is 0 Å². The largest absolute Gasteiger partial charge is 0.354 e. The SMILES string of the molecule is CCc1ccc(C(CNC(=O)CCNC(=O)c2ccc3ccccc3c2)N(C)C)cc1. The highest BCUT2D eigenvalue weighted by molar-refractivity contribution is 5.98. The minimum atomic E-state index is -0.166. The molecule has 0 aliphatic heterocycles. The minimum Gasteiger partial charge on any atom is -0.354 e. The summed E-state index contributed by atoms with van der Waals surface area (Å²) in [5.74, 6) is -0.239. The Balaban J connectivity index is 1.47. The number of aryl methyl sites for hydroxylation is 1. The van der Waals surface area contributed by atoms with Crippen molar-refractivity contribution in [1.29, 1.82) is 0 Å². The molecular formula is C26H31N3O2. The molecule has 5 nitrogen and oxygen atoms in total. The van der Waals surface area contributed by atoms with Crippen molar-refractivity contribution in [2.45, 2.75) is 25.8 Å². The maximum Gasteiger partial charge on any atom is 0.251 e. The number of likely N-dealkylation sites (N-methyl/N-ethyl adjacent to an activating group) is 1. The smallest absolute Gasteiger partial charge is 0.251 e. The van der Waals surface area contributed by atoms with Gasteiger partial charge in [-0.15, -0.1) is 0 Å². The molecular weight excluding hydrogens is 386 g/mol. The average molecular weight is 418 g/mol. The van der Waals surface area contributed by atoms with Crippen LogP contribution in [-0.4, -0.2) is 43.9 Å². The zero-order valence-electron chi connectivity index (χ0n) is 18.5. The molecule has 5 heteroatoms. The fourth-order valence-electron chi connectivity index (χ4n) is 3.60. The zero-order chi connectivity index (χ0) is 22.2. The molecule has 0 fully saturated rings. The minimum absolute atomic E-state index is 0.0733. The summed E-state index contributed by atoms with van der Waals surface area (Å²) in [6.07, 6.45) is 1.25. The highest BCUT2D eigenvalue weighted by Gasteiger charge is 2.15. The van der Waals surface area contributed by atoms with E-state index in [-0.39, 0.29) is 24.3 Å². The average Bonchev–Trinajstić information content (AvgIpc) is 2.79. The molecule has 2 amide bonds. The highest BCUT2D eigenvalue weighted by Crippen LogP contribution is 2.18. The molecule has 0 aromatic heterocycles. The summed E-state index contributed by atoms with van der Waals surface area (Å²) in [7, 11) is 4.02. The number of hydrogen-bond donors (Lipinski definition) is 2. The van der Waals surface area contributed by atoms with E-state index in [0.29, 0.717) is 18.7 Å². The van der Waals surface area contributed by atoms with Crippen molar-refractivity contribution in [3.05, 3.63) is 83.4 Å². The van der Waals surface area contributed by atoms with Gasteiger partial charge in [0.2, 0.25) is 5.91 Å². The van der Waals surface area contributed by atoms with Gasteiger partial charge in [0.1, 0.15) is 0 Å². The lowest BCUT2D eigenvalue weighted by Crippen LogP contribution is -2.36. The molecule has 0 spiro atoms. The molecule has 0 bridgehead atoms. The Bertz CT molecular complexity index is 1030. The third kappa shape index (κ3) is 6.15. The Hall–Kier alpha value is -3.18. The van der Waals surface area contributed by atoms with Crippen molar-refractivity contribution in [3.8, 4) is 0 Å². The summed E-state index contributed by atoms with van der Waals surface area (Å²) in [6.45, 7) is 2.96. The standard InChI is InChI=1S/C26H31N3O2/c1-4-19-9-11-21(12-10-19)24(29(2)3)18-28-25(30)15-16-27-26(31)23-14-13-20-7-5-6-8-22(20)17-23/h5-14,17,24H,4,15-16,18H2,1-3H3,(H,27,31)(H,28,30). The summed E-state index contributed by atoms with van der Waals surface area (Å²) in [4.78, 5) is 26.8. The second-order valence-corrected chi connectivity index (χ2v) is 7.95. The summed E-state index contributed by atoms with van der Waals surface area (Å²) in [6, 6.07) is 22.2.